The SMILES string of the molecule is CN(C)S(=O)(=O)NC1(CBr)CCCCC1. The smallest absolute Gasteiger partial charge is 0.195 e. The van der Waals surface area contributed by atoms with E-state index in [-0.39, 0.29) is 5.54 Å². The van der Waals surface area contributed by atoms with Gasteiger partial charge in [-0.1, -0.05) is 35.2 Å². The number of rotatable bonds is 4. The van der Waals surface area contributed by atoms with Gasteiger partial charge >= 0.3 is 0 Å². The number of halogens is 1. The number of alkyl halides is 1. The summed E-state index contributed by atoms with van der Waals surface area (Å²) in [4.78, 5) is 0. The molecule has 0 aromatic carbocycles. The van der Waals surface area contributed by atoms with Crippen molar-refractivity contribution in [3.8, 4) is 0 Å². The average molecular weight is 299 g/mol. The first kappa shape index (κ1) is 13.4. The second kappa shape index (κ2) is 5.12. The standard InChI is InChI=1S/C9H19BrN2O2S/c1-12(2)15(13,14)11-9(8-10)6-4-3-5-7-9/h11H,3-8H2,1-2H3. The third-order valence-corrected chi connectivity index (χ3v) is 5.62. The third-order valence-electron chi connectivity index (χ3n) is 2.89. The second-order valence-electron chi connectivity index (χ2n) is 4.36. The summed E-state index contributed by atoms with van der Waals surface area (Å²) in [5, 5.41) is 0.688. The van der Waals surface area contributed by atoms with Crippen molar-refractivity contribution < 1.29 is 8.42 Å². The van der Waals surface area contributed by atoms with Crippen molar-refractivity contribution in [2.24, 2.45) is 0 Å². The van der Waals surface area contributed by atoms with E-state index in [0.717, 1.165) is 25.7 Å². The van der Waals surface area contributed by atoms with E-state index in [0.29, 0.717) is 5.33 Å². The van der Waals surface area contributed by atoms with Crippen LogP contribution in [0.25, 0.3) is 0 Å². The van der Waals surface area contributed by atoms with E-state index in [9.17, 15) is 8.42 Å². The molecule has 0 radical (unpaired) electrons. The van der Waals surface area contributed by atoms with E-state index in [1.165, 1.54) is 10.7 Å². The number of hydrogen-bond acceptors (Lipinski definition) is 2. The summed E-state index contributed by atoms with van der Waals surface area (Å²) in [5.74, 6) is 0. The number of hydrogen-bond donors (Lipinski definition) is 1. The van der Waals surface area contributed by atoms with Crippen LogP contribution in [0.15, 0.2) is 0 Å². The minimum Gasteiger partial charge on any atom is -0.195 e. The molecule has 6 heteroatoms. The molecule has 1 aliphatic carbocycles. The van der Waals surface area contributed by atoms with Crippen LogP contribution in [0, 0.1) is 0 Å². The van der Waals surface area contributed by atoms with Crippen molar-refractivity contribution in [2.45, 2.75) is 37.6 Å². The Bertz CT molecular complexity index is 297. The predicted octanol–water partition coefficient (Wildman–Crippen LogP) is 1.48. The largest absolute Gasteiger partial charge is 0.279 e. The van der Waals surface area contributed by atoms with E-state index in [2.05, 4.69) is 20.7 Å². The Morgan fingerprint density at radius 3 is 2.20 bits per heavy atom. The molecule has 0 atom stereocenters. The summed E-state index contributed by atoms with van der Waals surface area (Å²) < 4.78 is 27.6. The van der Waals surface area contributed by atoms with Gasteiger partial charge in [0.25, 0.3) is 10.2 Å². The van der Waals surface area contributed by atoms with Crippen molar-refractivity contribution >= 4 is 26.1 Å². The number of nitrogens with zero attached hydrogens (tertiary/aromatic N) is 1. The van der Waals surface area contributed by atoms with E-state index < -0.39 is 10.2 Å². The monoisotopic (exact) mass is 298 g/mol. The van der Waals surface area contributed by atoms with Gasteiger partial charge in [0, 0.05) is 25.0 Å². The molecule has 0 aliphatic heterocycles. The van der Waals surface area contributed by atoms with Gasteiger partial charge in [0.1, 0.15) is 0 Å². The molecule has 0 amide bonds. The second-order valence-corrected chi connectivity index (χ2v) is 6.81. The van der Waals surface area contributed by atoms with Crippen molar-refractivity contribution in [3.05, 3.63) is 0 Å². The van der Waals surface area contributed by atoms with Crippen LogP contribution in [0.1, 0.15) is 32.1 Å². The topological polar surface area (TPSA) is 49.4 Å². The predicted molar refractivity (Wildman–Crippen MR) is 65.4 cm³/mol. The Morgan fingerprint density at radius 1 is 1.27 bits per heavy atom. The van der Waals surface area contributed by atoms with Crippen LogP contribution in [0.4, 0.5) is 0 Å². The first-order chi connectivity index (χ1) is 6.92. The first-order valence-corrected chi connectivity index (χ1v) is 7.75. The van der Waals surface area contributed by atoms with E-state index >= 15 is 0 Å². The van der Waals surface area contributed by atoms with Crippen molar-refractivity contribution in [3.63, 3.8) is 0 Å². The average Bonchev–Trinajstić information content (AvgIpc) is 2.18. The fourth-order valence-electron chi connectivity index (χ4n) is 1.86. The van der Waals surface area contributed by atoms with Gasteiger partial charge in [0.2, 0.25) is 0 Å². The molecule has 1 rings (SSSR count). The summed E-state index contributed by atoms with van der Waals surface area (Å²) in [6.07, 6.45) is 5.25. The van der Waals surface area contributed by atoms with Gasteiger partial charge < -0.3 is 0 Å². The minimum atomic E-state index is -3.32. The Kier molecular flexibility index (Phi) is 4.58. The Balaban J connectivity index is 2.76. The van der Waals surface area contributed by atoms with Crippen molar-refractivity contribution in [1.82, 2.24) is 9.03 Å². The molecule has 0 aromatic heterocycles. The summed E-state index contributed by atoms with van der Waals surface area (Å²) in [5.41, 5.74) is -0.276. The number of nitrogens with one attached hydrogen (secondary N) is 1. The fourth-order valence-corrected chi connectivity index (χ4v) is 3.75. The molecule has 0 bridgehead atoms. The van der Waals surface area contributed by atoms with E-state index in [4.69, 9.17) is 0 Å². The lowest BCUT2D eigenvalue weighted by Crippen LogP contribution is -2.54. The van der Waals surface area contributed by atoms with Gasteiger partial charge in [-0.25, -0.2) is 0 Å². The van der Waals surface area contributed by atoms with E-state index in [1.54, 1.807) is 14.1 Å². The van der Waals surface area contributed by atoms with Gasteiger partial charge in [-0.15, -0.1) is 0 Å². The fraction of sp³-hybridized carbons (Fsp3) is 1.00. The maximum absolute atomic E-state index is 11.8. The lowest BCUT2D eigenvalue weighted by Gasteiger charge is -2.36. The lowest BCUT2D eigenvalue weighted by molar-refractivity contribution is 0.296. The minimum absolute atomic E-state index is 0.276. The summed E-state index contributed by atoms with van der Waals surface area (Å²) >= 11 is 3.42. The quantitative estimate of drug-likeness (QED) is 0.799. The lowest BCUT2D eigenvalue weighted by atomic mass is 9.84. The highest BCUT2D eigenvalue weighted by Gasteiger charge is 2.35. The highest BCUT2D eigenvalue weighted by atomic mass is 79.9. The third kappa shape index (κ3) is 3.41. The first-order valence-electron chi connectivity index (χ1n) is 5.19. The molecule has 4 nitrogen and oxygen atoms in total. The van der Waals surface area contributed by atoms with Crippen LogP contribution in [-0.4, -0.2) is 37.7 Å². The summed E-state index contributed by atoms with van der Waals surface area (Å²) in [7, 11) is -0.218. The van der Waals surface area contributed by atoms with Crippen LogP contribution >= 0.6 is 15.9 Å². The molecule has 0 saturated heterocycles. The molecule has 15 heavy (non-hydrogen) atoms. The maximum Gasteiger partial charge on any atom is 0.279 e. The molecular formula is C9H19BrN2O2S. The molecule has 1 aliphatic rings. The van der Waals surface area contributed by atoms with Crippen LogP contribution in [0.3, 0.4) is 0 Å². The molecule has 0 aromatic rings. The molecule has 90 valence electrons. The summed E-state index contributed by atoms with van der Waals surface area (Å²) in [6, 6.07) is 0. The van der Waals surface area contributed by atoms with Crippen LogP contribution in [0.5, 0.6) is 0 Å². The van der Waals surface area contributed by atoms with Gasteiger partial charge in [0.15, 0.2) is 0 Å². The maximum atomic E-state index is 11.8. The van der Waals surface area contributed by atoms with Crippen molar-refractivity contribution in [2.75, 3.05) is 19.4 Å². The van der Waals surface area contributed by atoms with Gasteiger partial charge in [-0.05, 0) is 12.8 Å². The molecule has 0 unspecified atom stereocenters. The molecule has 0 spiro atoms. The Hall–Kier alpha value is 0.350. The van der Waals surface area contributed by atoms with Crippen LogP contribution in [0.2, 0.25) is 0 Å². The van der Waals surface area contributed by atoms with Gasteiger partial charge in [-0.3, -0.25) is 0 Å². The van der Waals surface area contributed by atoms with Crippen LogP contribution in [-0.2, 0) is 10.2 Å². The highest BCUT2D eigenvalue weighted by molar-refractivity contribution is 9.09. The summed E-state index contributed by atoms with van der Waals surface area (Å²) in [6.45, 7) is 0. The normalized spacial score (nSPS) is 21.9. The Morgan fingerprint density at radius 2 is 1.80 bits per heavy atom. The zero-order chi connectivity index (χ0) is 11.5. The zero-order valence-corrected chi connectivity index (χ0v) is 11.7. The van der Waals surface area contributed by atoms with Crippen molar-refractivity contribution in [1.29, 1.82) is 0 Å². The molecule has 1 saturated carbocycles. The Labute approximate surface area is 101 Å². The van der Waals surface area contributed by atoms with Gasteiger partial charge in [-0.2, -0.15) is 17.4 Å². The van der Waals surface area contributed by atoms with Crippen LogP contribution < -0.4 is 4.72 Å². The molecule has 1 N–H and O–H groups in total. The van der Waals surface area contributed by atoms with E-state index in [1.807, 2.05) is 0 Å². The zero-order valence-electron chi connectivity index (χ0n) is 9.29. The molecular weight excluding hydrogens is 280 g/mol. The molecule has 0 heterocycles. The molecule has 1 fully saturated rings. The highest BCUT2D eigenvalue weighted by Crippen LogP contribution is 2.30. The van der Waals surface area contributed by atoms with Gasteiger partial charge in [0.05, 0.1) is 0 Å².